The third-order valence-corrected chi connectivity index (χ3v) is 5.22. The molecule has 2 amide bonds. The maximum Gasteiger partial charge on any atom is 0.410 e. The Balaban J connectivity index is 1.78. The number of nitrogens with zero attached hydrogens (tertiary/aromatic N) is 1. The normalized spacial score (nSPS) is 16.4. The number of piperidine rings is 1. The fourth-order valence-corrected chi connectivity index (χ4v) is 3.22. The number of hydrogen-bond acceptors (Lipinski definition) is 3. The van der Waals surface area contributed by atoms with Gasteiger partial charge in [0.15, 0.2) is 0 Å². The largest absolute Gasteiger partial charge is 0.410 e. The van der Waals surface area contributed by atoms with E-state index >= 15 is 0 Å². The highest BCUT2D eigenvalue weighted by atomic mass is 19.4. The number of carbonyl (C=O) groups is 2. The summed E-state index contributed by atoms with van der Waals surface area (Å²) >= 11 is 0. The third-order valence-electron chi connectivity index (χ3n) is 5.22. The molecule has 1 heterocycles. The van der Waals surface area contributed by atoms with Crippen LogP contribution in [-0.2, 0) is 4.79 Å². The number of alkyl halides is 5. The number of amides is 2. The van der Waals surface area contributed by atoms with Crippen molar-refractivity contribution in [2.75, 3.05) is 26.2 Å². The molecule has 0 unspecified atom stereocenters. The number of nitrogens with one attached hydrogen (secondary N) is 2. The number of halogens is 6. The monoisotopic (exact) mass is 453 g/mol. The van der Waals surface area contributed by atoms with E-state index in [1.165, 1.54) is 0 Å². The Hall–Kier alpha value is -2.30. The van der Waals surface area contributed by atoms with Crippen molar-refractivity contribution in [1.82, 2.24) is 15.5 Å². The van der Waals surface area contributed by atoms with Gasteiger partial charge in [0, 0.05) is 17.7 Å². The summed E-state index contributed by atoms with van der Waals surface area (Å²) in [5.41, 5.74) is -3.10. The van der Waals surface area contributed by atoms with E-state index in [1.54, 1.807) is 4.90 Å². The number of hydrogen-bond donors (Lipinski definition) is 2. The lowest BCUT2D eigenvalue weighted by Gasteiger charge is -2.33. The minimum Gasteiger partial charge on any atom is -0.352 e. The molecule has 0 aliphatic carbocycles. The van der Waals surface area contributed by atoms with Crippen LogP contribution in [0.4, 0.5) is 26.3 Å². The van der Waals surface area contributed by atoms with Crippen LogP contribution in [0, 0.1) is 11.7 Å². The number of likely N-dealkylation sites (tertiary alicyclic amines) is 1. The van der Waals surface area contributed by atoms with Gasteiger partial charge in [-0.25, -0.2) is 13.2 Å². The SMILES string of the molecule is CC(C)(NC(=O)CN1CCC(CNC(=O)c2cc(F)cc(C(F)F)c2)CC1)C(F)(F)F. The van der Waals surface area contributed by atoms with Crippen molar-refractivity contribution in [3.8, 4) is 0 Å². The average Bonchev–Trinajstić information content (AvgIpc) is 2.65. The van der Waals surface area contributed by atoms with Crippen molar-refractivity contribution in [2.45, 2.75) is 44.8 Å². The fourth-order valence-electron chi connectivity index (χ4n) is 3.22. The van der Waals surface area contributed by atoms with Gasteiger partial charge in [-0.1, -0.05) is 0 Å². The maximum atomic E-state index is 13.4. The molecular formula is C20H25F6N3O2. The van der Waals surface area contributed by atoms with Crippen LogP contribution in [0.25, 0.3) is 0 Å². The third kappa shape index (κ3) is 7.12. The van der Waals surface area contributed by atoms with Gasteiger partial charge in [0.1, 0.15) is 11.4 Å². The van der Waals surface area contributed by atoms with Crippen molar-refractivity contribution >= 4 is 11.8 Å². The Morgan fingerprint density at radius 1 is 1.13 bits per heavy atom. The summed E-state index contributed by atoms with van der Waals surface area (Å²) in [4.78, 5) is 25.8. The molecule has 1 aliphatic rings. The first-order valence-corrected chi connectivity index (χ1v) is 9.75. The second-order valence-corrected chi connectivity index (χ2v) is 8.17. The van der Waals surface area contributed by atoms with E-state index in [0.717, 1.165) is 26.0 Å². The molecule has 0 aromatic heterocycles. The lowest BCUT2D eigenvalue weighted by atomic mass is 9.96. The second-order valence-electron chi connectivity index (χ2n) is 8.17. The molecule has 5 nitrogen and oxygen atoms in total. The summed E-state index contributed by atoms with van der Waals surface area (Å²) in [6.07, 6.45) is -6.29. The minimum absolute atomic E-state index is 0.0398. The maximum absolute atomic E-state index is 13.4. The van der Waals surface area contributed by atoms with E-state index in [9.17, 15) is 35.9 Å². The molecule has 0 spiro atoms. The van der Waals surface area contributed by atoms with Crippen molar-refractivity contribution in [3.05, 3.63) is 35.1 Å². The number of benzene rings is 1. The lowest BCUT2D eigenvalue weighted by molar-refractivity contribution is -0.188. The first-order chi connectivity index (χ1) is 14.3. The topological polar surface area (TPSA) is 61.4 Å². The molecule has 1 aromatic rings. The Kier molecular flexibility index (Phi) is 7.96. The molecule has 0 bridgehead atoms. The Morgan fingerprint density at radius 3 is 2.29 bits per heavy atom. The quantitative estimate of drug-likeness (QED) is 0.620. The van der Waals surface area contributed by atoms with Crippen LogP contribution in [-0.4, -0.2) is 54.6 Å². The zero-order valence-corrected chi connectivity index (χ0v) is 17.2. The first kappa shape index (κ1) is 25.0. The molecule has 1 aromatic carbocycles. The van der Waals surface area contributed by atoms with Gasteiger partial charge in [-0.05, 0) is 63.9 Å². The van der Waals surface area contributed by atoms with Crippen LogP contribution >= 0.6 is 0 Å². The summed E-state index contributed by atoms with van der Waals surface area (Å²) in [6, 6.07) is 2.49. The van der Waals surface area contributed by atoms with Crippen LogP contribution in [0.3, 0.4) is 0 Å². The molecule has 2 rings (SSSR count). The Bertz CT molecular complexity index is 790. The van der Waals surface area contributed by atoms with Gasteiger partial charge >= 0.3 is 6.18 Å². The smallest absolute Gasteiger partial charge is 0.352 e. The van der Waals surface area contributed by atoms with Gasteiger partial charge in [0.25, 0.3) is 12.3 Å². The highest BCUT2D eigenvalue weighted by molar-refractivity contribution is 5.94. The van der Waals surface area contributed by atoms with E-state index in [4.69, 9.17) is 0 Å². The van der Waals surface area contributed by atoms with Gasteiger partial charge in [0.05, 0.1) is 6.54 Å². The molecule has 1 fully saturated rings. The lowest BCUT2D eigenvalue weighted by Crippen LogP contribution is -2.56. The van der Waals surface area contributed by atoms with Crippen molar-refractivity contribution < 1.29 is 35.9 Å². The first-order valence-electron chi connectivity index (χ1n) is 9.75. The molecule has 0 atom stereocenters. The van der Waals surface area contributed by atoms with E-state index in [-0.39, 0.29) is 24.6 Å². The van der Waals surface area contributed by atoms with Crippen LogP contribution in [0.1, 0.15) is 49.0 Å². The van der Waals surface area contributed by atoms with Gasteiger partial charge in [-0.15, -0.1) is 0 Å². The van der Waals surface area contributed by atoms with Crippen LogP contribution in [0.5, 0.6) is 0 Å². The molecule has 0 radical (unpaired) electrons. The molecule has 31 heavy (non-hydrogen) atoms. The Labute approximate surface area is 176 Å². The molecular weight excluding hydrogens is 428 g/mol. The summed E-state index contributed by atoms with van der Waals surface area (Å²) in [7, 11) is 0. The van der Waals surface area contributed by atoms with Crippen molar-refractivity contribution in [3.63, 3.8) is 0 Å². The van der Waals surface area contributed by atoms with Crippen LogP contribution in [0.15, 0.2) is 18.2 Å². The molecule has 1 aliphatic heterocycles. The van der Waals surface area contributed by atoms with Gasteiger partial charge < -0.3 is 10.6 Å². The molecule has 0 saturated carbocycles. The summed E-state index contributed by atoms with van der Waals surface area (Å²) < 4.78 is 77.5. The van der Waals surface area contributed by atoms with Crippen molar-refractivity contribution in [1.29, 1.82) is 0 Å². The summed E-state index contributed by atoms with van der Waals surface area (Å²) in [5.74, 6) is -2.28. The predicted octanol–water partition coefficient (Wildman–Crippen LogP) is 3.66. The second kappa shape index (κ2) is 9.88. The highest BCUT2D eigenvalue weighted by Crippen LogP contribution is 2.29. The molecule has 11 heteroatoms. The molecule has 2 N–H and O–H groups in total. The zero-order valence-electron chi connectivity index (χ0n) is 17.2. The van der Waals surface area contributed by atoms with Crippen molar-refractivity contribution in [2.24, 2.45) is 5.92 Å². The van der Waals surface area contributed by atoms with E-state index in [0.29, 0.717) is 32.0 Å². The summed E-state index contributed by atoms with van der Waals surface area (Å²) in [5, 5.41) is 4.58. The van der Waals surface area contributed by atoms with Gasteiger partial charge in [-0.3, -0.25) is 14.5 Å². The van der Waals surface area contributed by atoms with Crippen LogP contribution < -0.4 is 10.6 Å². The van der Waals surface area contributed by atoms with E-state index in [2.05, 4.69) is 5.32 Å². The average molecular weight is 453 g/mol. The van der Waals surface area contributed by atoms with Crippen LogP contribution in [0.2, 0.25) is 0 Å². The standard InChI is InChI=1S/C20H25F6N3O2/c1-19(2,20(24,25)26)28-16(30)11-29-5-3-12(4-6-29)10-27-18(31)14-7-13(17(22)23)8-15(21)9-14/h7-9,12,17H,3-6,10-11H2,1-2H3,(H,27,31)(H,28,30). The number of rotatable bonds is 7. The molecule has 174 valence electrons. The van der Waals surface area contributed by atoms with Gasteiger partial charge in [0.2, 0.25) is 5.91 Å². The predicted molar refractivity (Wildman–Crippen MR) is 101 cm³/mol. The van der Waals surface area contributed by atoms with E-state index in [1.807, 2.05) is 5.32 Å². The van der Waals surface area contributed by atoms with Gasteiger partial charge in [-0.2, -0.15) is 13.2 Å². The Morgan fingerprint density at radius 2 is 1.74 bits per heavy atom. The fraction of sp³-hybridized carbons (Fsp3) is 0.600. The highest BCUT2D eigenvalue weighted by Gasteiger charge is 2.48. The van der Waals surface area contributed by atoms with E-state index < -0.39 is 41.3 Å². The molecule has 1 saturated heterocycles. The zero-order chi connectivity index (χ0) is 23.4. The summed E-state index contributed by atoms with van der Waals surface area (Å²) in [6.45, 7) is 2.76. The number of carbonyl (C=O) groups excluding carboxylic acids is 2. The minimum atomic E-state index is -4.56.